The van der Waals surface area contributed by atoms with E-state index in [0.717, 1.165) is 5.56 Å². The van der Waals surface area contributed by atoms with Crippen molar-refractivity contribution in [3.63, 3.8) is 0 Å². The number of hydrogen-bond acceptors (Lipinski definition) is 4. The van der Waals surface area contributed by atoms with Crippen LogP contribution in [0, 0.1) is 18.3 Å². The van der Waals surface area contributed by atoms with Crippen molar-refractivity contribution in [1.29, 1.82) is 5.26 Å². The fourth-order valence-electron chi connectivity index (χ4n) is 2.76. The molecule has 1 saturated heterocycles. The number of nitrogens with one attached hydrogen (secondary N) is 1. The van der Waals surface area contributed by atoms with Crippen LogP contribution in [-0.4, -0.2) is 31.3 Å². The quantitative estimate of drug-likeness (QED) is 0.894. The van der Waals surface area contributed by atoms with Gasteiger partial charge in [-0.05, 0) is 55.3 Å². The molecule has 0 spiro atoms. The molecular formula is C20H19ClN2O3. The van der Waals surface area contributed by atoms with Crippen molar-refractivity contribution in [3.8, 4) is 11.8 Å². The summed E-state index contributed by atoms with van der Waals surface area (Å²) in [6.45, 7) is 2.84. The number of halogens is 1. The number of carbonyl (C=O) groups excluding carboxylic acids is 1. The molecule has 2 aromatic rings. The maximum absolute atomic E-state index is 12.6. The molecular weight excluding hydrogens is 352 g/mol. The lowest BCUT2D eigenvalue weighted by atomic mass is 10.0. The summed E-state index contributed by atoms with van der Waals surface area (Å²) in [6.07, 6.45) is 0.355. The molecule has 1 heterocycles. The number of rotatable bonds is 4. The number of nitriles is 1. The van der Waals surface area contributed by atoms with E-state index in [1.807, 2.05) is 13.0 Å². The van der Waals surface area contributed by atoms with E-state index >= 15 is 0 Å². The van der Waals surface area contributed by atoms with Crippen molar-refractivity contribution in [2.45, 2.75) is 25.5 Å². The van der Waals surface area contributed by atoms with Crippen molar-refractivity contribution < 1.29 is 14.3 Å². The smallest absolute Gasteiger partial charge is 0.251 e. The molecule has 2 atom stereocenters. The molecule has 0 saturated carbocycles. The lowest BCUT2D eigenvalue weighted by Gasteiger charge is -2.32. The molecule has 6 heteroatoms. The van der Waals surface area contributed by atoms with Gasteiger partial charge in [-0.15, -0.1) is 0 Å². The highest BCUT2D eigenvalue weighted by molar-refractivity contribution is 6.31. The van der Waals surface area contributed by atoms with Crippen LogP contribution >= 0.6 is 11.6 Å². The fraction of sp³-hybridized carbons (Fsp3) is 0.300. The first-order valence-electron chi connectivity index (χ1n) is 8.38. The standard InChI is InChI=1S/C20H19ClN2O3/c1-13-2-5-15(10-17(13)21)20(24)23-18-8-9-25-12-19(18)26-16-6-3-14(11-22)4-7-16/h2-7,10,18-19H,8-9,12H2,1H3,(H,23,24)/t18-,19-/m1/s1. The number of benzene rings is 2. The zero-order chi connectivity index (χ0) is 18.5. The highest BCUT2D eigenvalue weighted by Gasteiger charge is 2.29. The summed E-state index contributed by atoms with van der Waals surface area (Å²) < 4.78 is 11.5. The molecule has 134 valence electrons. The van der Waals surface area contributed by atoms with Crippen LogP contribution in [0.5, 0.6) is 5.75 Å². The van der Waals surface area contributed by atoms with Crippen LogP contribution in [0.4, 0.5) is 0 Å². The molecule has 2 aromatic carbocycles. The third-order valence-electron chi connectivity index (χ3n) is 4.33. The Kier molecular flexibility index (Phi) is 5.77. The zero-order valence-corrected chi connectivity index (χ0v) is 15.1. The zero-order valence-electron chi connectivity index (χ0n) is 14.4. The van der Waals surface area contributed by atoms with Crippen LogP contribution in [0.3, 0.4) is 0 Å². The highest BCUT2D eigenvalue weighted by Crippen LogP contribution is 2.20. The Morgan fingerprint density at radius 1 is 1.31 bits per heavy atom. The van der Waals surface area contributed by atoms with Gasteiger partial charge in [0.05, 0.1) is 24.3 Å². The number of amides is 1. The van der Waals surface area contributed by atoms with Crippen LogP contribution in [0.2, 0.25) is 5.02 Å². The molecule has 1 amide bonds. The second kappa shape index (κ2) is 8.22. The topological polar surface area (TPSA) is 71.3 Å². The normalized spacial score (nSPS) is 19.4. The molecule has 0 radical (unpaired) electrons. The molecule has 26 heavy (non-hydrogen) atoms. The van der Waals surface area contributed by atoms with E-state index in [4.69, 9.17) is 26.3 Å². The summed E-state index contributed by atoms with van der Waals surface area (Å²) in [7, 11) is 0. The van der Waals surface area contributed by atoms with Crippen LogP contribution in [0.25, 0.3) is 0 Å². The monoisotopic (exact) mass is 370 g/mol. The van der Waals surface area contributed by atoms with E-state index in [1.165, 1.54) is 0 Å². The average Bonchev–Trinajstić information content (AvgIpc) is 2.66. The van der Waals surface area contributed by atoms with Gasteiger partial charge in [0.2, 0.25) is 0 Å². The predicted octanol–water partition coefficient (Wildman–Crippen LogP) is 3.49. The van der Waals surface area contributed by atoms with Crippen molar-refractivity contribution >= 4 is 17.5 Å². The third-order valence-corrected chi connectivity index (χ3v) is 4.73. The predicted molar refractivity (Wildman–Crippen MR) is 98.5 cm³/mol. The Labute approximate surface area is 157 Å². The fourth-order valence-corrected chi connectivity index (χ4v) is 2.94. The van der Waals surface area contributed by atoms with E-state index in [-0.39, 0.29) is 18.1 Å². The average molecular weight is 371 g/mol. The van der Waals surface area contributed by atoms with Gasteiger partial charge in [-0.3, -0.25) is 4.79 Å². The van der Waals surface area contributed by atoms with Gasteiger partial charge in [0.25, 0.3) is 5.91 Å². The second-order valence-electron chi connectivity index (χ2n) is 6.20. The van der Waals surface area contributed by atoms with Crippen molar-refractivity contribution in [2.24, 2.45) is 0 Å². The molecule has 3 rings (SSSR count). The van der Waals surface area contributed by atoms with Gasteiger partial charge >= 0.3 is 0 Å². The number of aryl methyl sites for hydroxylation is 1. The van der Waals surface area contributed by atoms with Gasteiger partial charge in [0.1, 0.15) is 11.9 Å². The van der Waals surface area contributed by atoms with E-state index in [0.29, 0.717) is 41.5 Å². The molecule has 0 bridgehead atoms. The number of ether oxygens (including phenoxy) is 2. The summed E-state index contributed by atoms with van der Waals surface area (Å²) in [6, 6.07) is 14.0. The molecule has 1 fully saturated rings. The summed E-state index contributed by atoms with van der Waals surface area (Å²) >= 11 is 6.11. The number of nitrogens with zero attached hydrogens (tertiary/aromatic N) is 1. The van der Waals surface area contributed by atoms with E-state index < -0.39 is 0 Å². The van der Waals surface area contributed by atoms with E-state index in [9.17, 15) is 4.79 Å². The van der Waals surface area contributed by atoms with Gasteiger partial charge in [-0.25, -0.2) is 0 Å². The SMILES string of the molecule is Cc1ccc(C(=O)N[C@@H]2CCOC[C@H]2Oc2ccc(C#N)cc2)cc1Cl. The van der Waals surface area contributed by atoms with Crippen molar-refractivity contribution in [2.75, 3.05) is 13.2 Å². The second-order valence-corrected chi connectivity index (χ2v) is 6.61. The van der Waals surface area contributed by atoms with Gasteiger partial charge in [0.15, 0.2) is 0 Å². The Hall–Kier alpha value is -2.55. The van der Waals surface area contributed by atoms with Gasteiger partial charge in [-0.2, -0.15) is 5.26 Å². The third kappa shape index (κ3) is 4.34. The van der Waals surface area contributed by atoms with Crippen LogP contribution in [-0.2, 0) is 4.74 Å². The first-order valence-corrected chi connectivity index (χ1v) is 8.76. The Bertz CT molecular complexity index is 830. The minimum Gasteiger partial charge on any atom is -0.486 e. The molecule has 1 N–H and O–H groups in total. The Morgan fingerprint density at radius 2 is 2.08 bits per heavy atom. The van der Waals surface area contributed by atoms with Gasteiger partial charge in [0, 0.05) is 17.2 Å². The molecule has 0 unspecified atom stereocenters. The first-order chi connectivity index (χ1) is 12.6. The summed E-state index contributed by atoms with van der Waals surface area (Å²) in [5, 5.41) is 12.5. The molecule has 1 aliphatic rings. The minimum absolute atomic E-state index is 0.174. The van der Waals surface area contributed by atoms with Crippen LogP contribution in [0.15, 0.2) is 42.5 Å². The molecule has 0 aliphatic carbocycles. The Morgan fingerprint density at radius 3 is 2.77 bits per heavy atom. The molecule has 0 aromatic heterocycles. The lowest BCUT2D eigenvalue weighted by molar-refractivity contribution is -0.0135. The number of carbonyl (C=O) groups is 1. The van der Waals surface area contributed by atoms with E-state index in [2.05, 4.69) is 11.4 Å². The van der Waals surface area contributed by atoms with Gasteiger partial charge in [-0.1, -0.05) is 17.7 Å². The lowest BCUT2D eigenvalue weighted by Crippen LogP contribution is -2.51. The summed E-state index contributed by atoms with van der Waals surface area (Å²) in [5.74, 6) is 0.448. The summed E-state index contributed by atoms with van der Waals surface area (Å²) in [5.41, 5.74) is 2.01. The van der Waals surface area contributed by atoms with Crippen LogP contribution < -0.4 is 10.1 Å². The number of hydrogen-bond donors (Lipinski definition) is 1. The molecule has 1 aliphatic heterocycles. The minimum atomic E-state index is -0.304. The maximum atomic E-state index is 12.6. The molecule has 5 nitrogen and oxygen atoms in total. The van der Waals surface area contributed by atoms with Crippen molar-refractivity contribution in [3.05, 3.63) is 64.2 Å². The Balaban J connectivity index is 1.68. The van der Waals surface area contributed by atoms with Crippen LogP contribution in [0.1, 0.15) is 27.9 Å². The maximum Gasteiger partial charge on any atom is 0.251 e. The van der Waals surface area contributed by atoms with Crippen molar-refractivity contribution in [1.82, 2.24) is 5.32 Å². The highest BCUT2D eigenvalue weighted by atomic mass is 35.5. The van der Waals surface area contributed by atoms with Gasteiger partial charge < -0.3 is 14.8 Å². The first kappa shape index (κ1) is 18.2. The summed E-state index contributed by atoms with van der Waals surface area (Å²) in [4.78, 5) is 12.6. The largest absolute Gasteiger partial charge is 0.486 e. The van der Waals surface area contributed by atoms with E-state index in [1.54, 1.807) is 36.4 Å².